The van der Waals surface area contributed by atoms with Crippen molar-refractivity contribution >= 4 is 23.4 Å². The molecular weight excluding hydrogens is 270 g/mol. The molecule has 19 heavy (non-hydrogen) atoms. The summed E-state index contributed by atoms with van der Waals surface area (Å²) in [6.45, 7) is 0. The molecule has 1 atom stereocenters. The van der Waals surface area contributed by atoms with Gasteiger partial charge in [0.1, 0.15) is 0 Å². The van der Waals surface area contributed by atoms with Crippen LogP contribution in [0.2, 0.25) is 0 Å². The van der Waals surface area contributed by atoms with E-state index >= 15 is 0 Å². The molecule has 6 heteroatoms. The number of alkyl halides is 2. The highest BCUT2D eigenvalue weighted by Gasteiger charge is 2.39. The minimum atomic E-state index is -2.71. The van der Waals surface area contributed by atoms with Gasteiger partial charge in [0.25, 0.3) is 0 Å². The second kappa shape index (κ2) is 5.86. The third-order valence-electron chi connectivity index (χ3n) is 3.22. The Morgan fingerprint density at radius 3 is 3.05 bits per heavy atom. The van der Waals surface area contributed by atoms with E-state index in [-0.39, 0.29) is 18.7 Å². The van der Waals surface area contributed by atoms with E-state index < -0.39 is 11.8 Å². The van der Waals surface area contributed by atoms with E-state index in [4.69, 9.17) is 0 Å². The van der Waals surface area contributed by atoms with Crippen LogP contribution in [-0.2, 0) is 4.79 Å². The maximum absolute atomic E-state index is 13.3. The predicted octanol–water partition coefficient (Wildman–Crippen LogP) is 3.57. The van der Waals surface area contributed by atoms with Crippen molar-refractivity contribution in [3.63, 3.8) is 0 Å². The maximum atomic E-state index is 13.3. The first-order valence-electron chi connectivity index (χ1n) is 6.19. The van der Waals surface area contributed by atoms with Crippen molar-refractivity contribution in [3.8, 4) is 0 Å². The monoisotopic (exact) mass is 286 g/mol. The molecule has 0 spiro atoms. The van der Waals surface area contributed by atoms with Crippen LogP contribution in [0.3, 0.4) is 0 Å². The zero-order chi connectivity index (χ0) is 13.9. The smallest absolute Gasteiger partial charge is 0.248 e. The van der Waals surface area contributed by atoms with Crippen LogP contribution in [-0.4, -0.2) is 23.1 Å². The number of carbonyl (C=O) groups is 1. The van der Waals surface area contributed by atoms with Gasteiger partial charge in [-0.1, -0.05) is 0 Å². The second-order valence-corrected chi connectivity index (χ2v) is 5.55. The number of rotatable bonds is 3. The van der Waals surface area contributed by atoms with Gasteiger partial charge in [0.2, 0.25) is 11.8 Å². The van der Waals surface area contributed by atoms with Gasteiger partial charge >= 0.3 is 0 Å². The molecule has 1 amide bonds. The molecule has 1 saturated carbocycles. The number of aromatic nitrogens is 1. The van der Waals surface area contributed by atoms with E-state index in [2.05, 4.69) is 10.3 Å². The van der Waals surface area contributed by atoms with E-state index in [1.807, 2.05) is 6.26 Å². The van der Waals surface area contributed by atoms with Gasteiger partial charge in [0.05, 0.1) is 5.03 Å². The van der Waals surface area contributed by atoms with Gasteiger partial charge in [-0.3, -0.25) is 4.79 Å². The van der Waals surface area contributed by atoms with Crippen LogP contribution in [0.15, 0.2) is 23.4 Å². The Morgan fingerprint density at radius 2 is 2.37 bits per heavy atom. The van der Waals surface area contributed by atoms with E-state index in [0.717, 1.165) is 5.03 Å². The lowest BCUT2D eigenvalue weighted by Gasteiger charge is -2.27. The fourth-order valence-electron chi connectivity index (χ4n) is 2.24. The molecule has 1 N–H and O–H groups in total. The number of hydrogen-bond acceptors (Lipinski definition) is 3. The lowest BCUT2D eigenvalue weighted by Crippen LogP contribution is -2.33. The molecule has 0 unspecified atom stereocenters. The molecule has 0 bridgehead atoms. The molecule has 1 heterocycles. The topological polar surface area (TPSA) is 42.0 Å². The quantitative estimate of drug-likeness (QED) is 0.864. The van der Waals surface area contributed by atoms with Crippen LogP contribution < -0.4 is 5.32 Å². The van der Waals surface area contributed by atoms with Gasteiger partial charge in [-0.25, -0.2) is 13.8 Å². The molecule has 1 aromatic heterocycles. The molecule has 1 aliphatic carbocycles. The zero-order valence-corrected chi connectivity index (χ0v) is 11.5. The first kappa shape index (κ1) is 14.2. The minimum Gasteiger partial charge on any atom is -0.326 e. The Labute approximate surface area is 115 Å². The number of amides is 1. The van der Waals surface area contributed by atoms with Crippen molar-refractivity contribution in [1.82, 2.24) is 4.98 Å². The average Bonchev–Trinajstić information content (AvgIpc) is 2.37. The molecule has 3 nitrogen and oxygen atoms in total. The summed E-state index contributed by atoms with van der Waals surface area (Å²) in [4.78, 5) is 16.1. The molecule has 1 aromatic rings. The fourth-order valence-corrected chi connectivity index (χ4v) is 2.65. The molecule has 2 rings (SSSR count). The number of thioether (sulfide) groups is 1. The summed E-state index contributed by atoms with van der Waals surface area (Å²) in [5.74, 6) is -3.63. The summed E-state index contributed by atoms with van der Waals surface area (Å²) in [5.41, 5.74) is 0.609. The van der Waals surface area contributed by atoms with Gasteiger partial charge in [-0.05, 0) is 31.2 Å². The highest BCUT2D eigenvalue weighted by molar-refractivity contribution is 7.98. The number of nitrogens with zero attached hydrogens (tertiary/aromatic N) is 1. The van der Waals surface area contributed by atoms with Crippen molar-refractivity contribution < 1.29 is 13.6 Å². The van der Waals surface area contributed by atoms with Gasteiger partial charge < -0.3 is 5.32 Å². The SMILES string of the molecule is CSc1cc(NC(=O)[C@H]2CCCC(F)(F)C2)ccn1. The Kier molecular flexibility index (Phi) is 4.39. The van der Waals surface area contributed by atoms with Crippen molar-refractivity contribution in [2.75, 3.05) is 11.6 Å². The number of nitrogens with one attached hydrogen (secondary N) is 1. The van der Waals surface area contributed by atoms with Crippen LogP contribution in [0.4, 0.5) is 14.5 Å². The molecule has 1 fully saturated rings. The number of carbonyl (C=O) groups excluding carboxylic acids is 1. The number of halogens is 2. The molecule has 1 aliphatic rings. The average molecular weight is 286 g/mol. The Bertz CT molecular complexity index is 468. The highest BCUT2D eigenvalue weighted by atomic mass is 32.2. The van der Waals surface area contributed by atoms with Gasteiger partial charge in [0.15, 0.2) is 0 Å². The Morgan fingerprint density at radius 1 is 1.58 bits per heavy atom. The van der Waals surface area contributed by atoms with Gasteiger partial charge in [-0.2, -0.15) is 0 Å². The number of pyridine rings is 1. The van der Waals surface area contributed by atoms with E-state index in [1.165, 1.54) is 11.8 Å². The summed E-state index contributed by atoms with van der Waals surface area (Å²) < 4.78 is 26.6. The van der Waals surface area contributed by atoms with Crippen molar-refractivity contribution in [2.45, 2.75) is 36.6 Å². The summed E-state index contributed by atoms with van der Waals surface area (Å²) in [6, 6.07) is 3.40. The molecule has 0 saturated heterocycles. The van der Waals surface area contributed by atoms with E-state index in [9.17, 15) is 13.6 Å². The number of hydrogen-bond donors (Lipinski definition) is 1. The first-order valence-corrected chi connectivity index (χ1v) is 7.41. The molecular formula is C13H16F2N2OS. The normalized spacial score (nSPS) is 21.9. The molecule has 104 valence electrons. The first-order chi connectivity index (χ1) is 9.00. The minimum absolute atomic E-state index is 0.108. The Hall–Kier alpha value is -1.17. The zero-order valence-electron chi connectivity index (χ0n) is 10.7. The fraction of sp³-hybridized carbons (Fsp3) is 0.538. The van der Waals surface area contributed by atoms with E-state index in [0.29, 0.717) is 18.5 Å². The third kappa shape index (κ3) is 3.89. The van der Waals surface area contributed by atoms with Crippen LogP contribution in [0.5, 0.6) is 0 Å². The standard InChI is InChI=1S/C13H16F2N2OS/c1-19-11-7-10(4-6-16-11)17-12(18)9-3-2-5-13(14,15)8-9/h4,6-7,9H,2-3,5,8H2,1H3,(H,16,17,18)/t9-/m0/s1. The molecule has 0 aromatic carbocycles. The van der Waals surface area contributed by atoms with Crippen molar-refractivity contribution in [3.05, 3.63) is 18.3 Å². The predicted molar refractivity (Wildman–Crippen MR) is 71.6 cm³/mol. The maximum Gasteiger partial charge on any atom is 0.248 e. The van der Waals surface area contributed by atoms with Crippen LogP contribution in [0.25, 0.3) is 0 Å². The van der Waals surface area contributed by atoms with E-state index in [1.54, 1.807) is 18.3 Å². The van der Waals surface area contributed by atoms with Crippen molar-refractivity contribution in [2.24, 2.45) is 5.92 Å². The molecule has 0 aliphatic heterocycles. The van der Waals surface area contributed by atoms with Crippen LogP contribution >= 0.6 is 11.8 Å². The van der Waals surface area contributed by atoms with Crippen LogP contribution in [0, 0.1) is 5.92 Å². The molecule has 0 radical (unpaired) electrons. The number of anilines is 1. The highest BCUT2D eigenvalue weighted by Crippen LogP contribution is 2.37. The summed E-state index contributed by atoms with van der Waals surface area (Å²) in [5, 5.41) is 3.48. The summed E-state index contributed by atoms with van der Waals surface area (Å²) >= 11 is 1.46. The van der Waals surface area contributed by atoms with Gasteiger partial charge in [-0.15, -0.1) is 11.8 Å². The largest absolute Gasteiger partial charge is 0.326 e. The lowest BCUT2D eigenvalue weighted by molar-refractivity contribution is -0.127. The Balaban J connectivity index is 2.00. The van der Waals surface area contributed by atoms with Crippen molar-refractivity contribution in [1.29, 1.82) is 0 Å². The van der Waals surface area contributed by atoms with Gasteiger partial charge in [0, 0.05) is 30.6 Å². The summed E-state index contributed by atoms with van der Waals surface area (Å²) in [6.07, 6.45) is 3.95. The lowest BCUT2D eigenvalue weighted by atomic mass is 9.86. The summed E-state index contributed by atoms with van der Waals surface area (Å²) in [7, 11) is 0. The third-order valence-corrected chi connectivity index (χ3v) is 3.86. The van der Waals surface area contributed by atoms with Crippen LogP contribution in [0.1, 0.15) is 25.7 Å². The second-order valence-electron chi connectivity index (χ2n) is 4.73.